The maximum Gasteiger partial charge on any atom is 0.303 e. The Bertz CT molecular complexity index is 592. The number of carboxylic acids is 1. The average Bonchev–Trinajstić information content (AvgIpc) is 2.26. The Morgan fingerprint density at radius 3 is 2.25 bits per heavy atom. The molecule has 0 aliphatic heterocycles. The zero-order chi connectivity index (χ0) is 15.3. The van der Waals surface area contributed by atoms with Gasteiger partial charge in [0.1, 0.15) is 5.75 Å². The molecule has 1 rings (SSSR count). The van der Waals surface area contributed by atoms with Gasteiger partial charge in [-0.2, -0.15) is 0 Å². The van der Waals surface area contributed by atoms with Gasteiger partial charge in [-0.15, -0.1) is 0 Å². The Morgan fingerprint density at radius 1 is 1.25 bits per heavy atom. The molecule has 1 unspecified atom stereocenters. The number of hydrogen-bond donors (Lipinski definition) is 2. The van der Waals surface area contributed by atoms with Crippen LogP contribution in [0.25, 0.3) is 0 Å². The molecule has 0 fully saturated rings. The quantitative estimate of drug-likeness (QED) is 0.823. The molecule has 1 aromatic rings. The normalized spacial score (nSPS) is 12.7. The predicted molar refractivity (Wildman–Crippen MR) is 75.5 cm³/mol. The number of hydrogen-bond acceptors (Lipinski definition) is 4. The number of aliphatic carboxylic acids is 1. The van der Waals surface area contributed by atoms with Crippen molar-refractivity contribution in [2.24, 2.45) is 0 Å². The van der Waals surface area contributed by atoms with Crippen LogP contribution in [0.2, 0.25) is 0 Å². The first-order valence-corrected chi connectivity index (χ1v) is 8.03. The number of carbonyl (C=O) groups is 2. The highest BCUT2D eigenvalue weighted by molar-refractivity contribution is 7.91. The van der Waals surface area contributed by atoms with Crippen LogP contribution >= 0.6 is 0 Å². The van der Waals surface area contributed by atoms with E-state index in [-0.39, 0.29) is 12.3 Å². The molecule has 2 N–H and O–H groups in total. The van der Waals surface area contributed by atoms with Crippen molar-refractivity contribution in [2.45, 2.75) is 19.3 Å². The summed E-state index contributed by atoms with van der Waals surface area (Å²) in [6.45, 7) is 1.80. The second-order valence-corrected chi connectivity index (χ2v) is 6.88. The molecule has 0 radical (unpaired) electrons. The first kappa shape index (κ1) is 16.2. The molecule has 7 heteroatoms. The fourth-order valence-electron chi connectivity index (χ4n) is 1.71. The fourth-order valence-corrected chi connectivity index (χ4v) is 2.26. The van der Waals surface area contributed by atoms with Crippen LogP contribution in [-0.4, -0.2) is 37.4 Å². The minimum absolute atomic E-state index is 0.0276. The van der Waals surface area contributed by atoms with Crippen molar-refractivity contribution >= 4 is 27.4 Å². The number of benzene rings is 1. The van der Waals surface area contributed by atoms with E-state index in [4.69, 9.17) is 5.11 Å². The summed E-state index contributed by atoms with van der Waals surface area (Å²) in [6, 6.07) is 6.66. The monoisotopic (exact) mass is 299 g/mol. The highest BCUT2D eigenvalue weighted by Gasteiger charge is 2.12. The lowest BCUT2D eigenvalue weighted by atomic mass is 9.98. The summed E-state index contributed by atoms with van der Waals surface area (Å²) in [5.74, 6) is -2.17. The lowest BCUT2D eigenvalue weighted by molar-refractivity contribution is -0.137. The van der Waals surface area contributed by atoms with Gasteiger partial charge >= 0.3 is 5.97 Å². The summed E-state index contributed by atoms with van der Waals surface area (Å²) in [5, 5.41) is 11.2. The number of carbonyl (C=O) groups excluding carboxylic acids is 1. The largest absolute Gasteiger partial charge is 0.481 e. The van der Waals surface area contributed by atoms with Crippen LogP contribution in [0.5, 0.6) is 0 Å². The zero-order valence-corrected chi connectivity index (χ0v) is 12.1. The molecule has 0 bridgehead atoms. The Balaban J connectivity index is 2.67. The van der Waals surface area contributed by atoms with E-state index in [0.717, 1.165) is 11.8 Å². The number of carboxylic acid groups (broad SMARTS) is 1. The molecule has 0 aromatic heterocycles. The van der Waals surface area contributed by atoms with Gasteiger partial charge in [-0.05, 0) is 23.6 Å². The summed E-state index contributed by atoms with van der Waals surface area (Å²) in [5.41, 5.74) is 1.32. The third-order valence-corrected chi connectivity index (χ3v) is 3.42. The van der Waals surface area contributed by atoms with Crippen LogP contribution in [0.1, 0.15) is 24.8 Å². The fraction of sp³-hybridized carbons (Fsp3) is 0.385. The number of nitrogens with one attached hydrogen (secondary N) is 1. The summed E-state index contributed by atoms with van der Waals surface area (Å²) in [7, 11) is -3.36. The molecule has 0 saturated carbocycles. The van der Waals surface area contributed by atoms with Gasteiger partial charge in [0.2, 0.25) is 5.91 Å². The summed E-state index contributed by atoms with van der Waals surface area (Å²) in [6.07, 6.45) is 1.02. The van der Waals surface area contributed by atoms with E-state index in [1.807, 2.05) is 0 Å². The lowest BCUT2D eigenvalue weighted by Crippen LogP contribution is -2.21. The van der Waals surface area contributed by atoms with Gasteiger partial charge in [0, 0.05) is 11.9 Å². The van der Waals surface area contributed by atoms with Crippen LogP contribution in [-0.2, 0) is 19.4 Å². The topological polar surface area (TPSA) is 101 Å². The average molecular weight is 299 g/mol. The minimum Gasteiger partial charge on any atom is -0.481 e. The van der Waals surface area contributed by atoms with E-state index < -0.39 is 27.5 Å². The summed E-state index contributed by atoms with van der Waals surface area (Å²) < 4.78 is 21.9. The van der Waals surface area contributed by atoms with Crippen molar-refractivity contribution < 1.29 is 23.1 Å². The Hall–Kier alpha value is -1.89. The van der Waals surface area contributed by atoms with Gasteiger partial charge < -0.3 is 10.4 Å². The van der Waals surface area contributed by atoms with Crippen molar-refractivity contribution in [2.75, 3.05) is 17.3 Å². The molecule has 0 aliphatic rings. The molecule has 1 amide bonds. The first-order chi connectivity index (χ1) is 9.17. The van der Waals surface area contributed by atoms with E-state index in [9.17, 15) is 18.0 Å². The summed E-state index contributed by atoms with van der Waals surface area (Å²) in [4.78, 5) is 22.0. The van der Waals surface area contributed by atoms with E-state index in [2.05, 4.69) is 5.32 Å². The van der Waals surface area contributed by atoms with Gasteiger partial charge in [-0.25, -0.2) is 8.42 Å². The Morgan fingerprint density at radius 2 is 1.80 bits per heavy atom. The number of rotatable bonds is 6. The molecule has 0 aliphatic carbocycles. The van der Waals surface area contributed by atoms with Gasteiger partial charge in [-0.1, -0.05) is 19.1 Å². The lowest BCUT2D eigenvalue weighted by Gasteiger charge is -2.10. The van der Waals surface area contributed by atoms with E-state index >= 15 is 0 Å². The molecule has 0 spiro atoms. The van der Waals surface area contributed by atoms with Crippen LogP contribution < -0.4 is 5.32 Å². The van der Waals surface area contributed by atoms with E-state index in [1.54, 1.807) is 31.2 Å². The third-order valence-electron chi connectivity index (χ3n) is 2.64. The molecule has 6 nitrogen and oxygen atoms in total. The van der Waals surface area contributed by atoms with Crippen molar-refractivity contribution in [1.82, 2.24) is 0 Å². The SMILES string of the molecule is CC(CC(=O)O)c1ccc(NC(=O)CS(C)(=O)=O)cc1. The first-order valence-electron chi connectivity index (χ1n) is 5.96. The standard InChI is InChI=1S/C13H17NO5S/c1-9(7-13(16)17)10-3-5-11(6-4-10)14-12(15)8-20(2,18)19/h3-6,9H,7-8H2,1-2H3,(H,14,15)(H,16,17). The van der Waals surface area contributed by atoms with Crippen molar-refractivity contribution in [1.29, 1.82) is 0 Å². The highest BCUT2D eigenvalue weighted by atomic mass is 32.2. The Labute approximate surface area is 117 Å². The highest BCUT2D eigenvalue weighted by Crippen LogP contribution is 2.20. The Kier molecular flexibility index (Phi) is 5.26. The van der Waals surface area contributed by atoms with Crippen LogP contribution in [0.3, 0.4) is 0 Å². The maximum absolute atomic E-state index is 11.4. The molecule has 0 saturated heterocycles. The number of anilines is 1. The van der Waals surface area contributed by atoms with Gasteiger partial charge in [0.05, 0.1) is 6.42 Å². The molecule has 1 atom stereocenters. The van der Waals surface area contributed by atoms with Crippen LogP contribution in [0.15, 0.2) is 24.3 Å². The number of sulfone groups is 1. The van der Waals surface area contributed by atoms with Crippen LogP contribution in [0, 0.1) is 0 Å². The second kappa shape index (κ2) is 6.51. The maximum atomic E-state index is 11.4. The number of amides is 1. The smallest absolute Gasteiger partial charge is 0.303 e. The van der Waals surface area contributed by atoms with E-state index in [1.165, 1.54) is 0 Å². The third kappa shape index (κ3) is 5.83. The van der Waals surface area contributed by atoms with Gasteiger partial charge in [0.15, 0.2) is 9.84 Å². The van der Waals surface area contributed by atoms with Gasteiger partial charge in [0.25, 0.3) is 0 Å². The second-order valence-electron chi connectivity index (χ2n) is 4.74. The van der Waals surface area contributed by atoms with Crippen molar-refractivity contribution in [3.8, 4) is 0 Å². The molecule has 110 valence electrons. The minimum atomic E-state index is -3.36. The predicted octanol–water partition coefficient (Wildman–Crippen LogP) is 1.25. The zero-order valence-electron chi connectivity index (χ0n) is 11.3. The summed E-state index contributed by atoms with van der Waals surface area (Å²) >= 11 is 0. The van der Waals surface area contributed by atoms with Crippen molar-refractivity contribution in [3.63, 3.8) is 0 Å². The molecule has 0 heterocycles. The van der Waals surface area contributed by atoms with Crippen LogP contribution in [0.4, 0.5) is 5.69 Å². The molecular weight excluding hydrogens is 282 g/mol. The van der Waals surface area contributed by atoms with Gasteiger partial charge in [-0.3, -0.25) is 9.59 Å². The van der Waals surface area contributed by atoms with Crippen molar-refractivity contribution in [3.05, 3.63) is 29.8 Å². The molecule has 20 heavy (non-hydrogen) atoms. The molecule has 1 aromatic carbocycles. The molecular formula is C13H17NO5S. The van der Waals surface area contributed by atoms with E-state index in [0.29, 0.717) is 5.69 Å².